The van der Waals surface area contributed by atoms with E-state index in [1.807, 2.05) is 37.3 Å². The summed E-state index contributed by atoms with van der Waals surface area (Å²) in [4.78, 5) is 15.7. The van der Waals surface area contributed by atoms with Crippen molar-refractivity contribution in [3.63, 3.8) is 0 Å². The van der Waals surface area contributed by atoms with E-state index in [-0.39, 0.29) is 11.4 Å². The van der Waals surface area contributed by atoms with Crippen LogP contribution in [0, 0.1) is 5.92 Å². The second kappa shape index (κ2) is 11.0. The van der Waals surface area contributed by atoms with Crippen molar-refractivity contribution in [2.45, 2.75) is 43.6 Å². The van der Waals surface area contributed by atoms with Gasteiger partial charge in [0.05, 0.1) is 6.61 Å². The molecule has 1 fully saturated rings. The largest absolute Gasteiger partial charge is 0.494 e. The zero-order valence-corrected chi connectivity index (χ0v) is 17.0. The van der Waals surface area contributed by atoms with Gasteiger partial charge in [-0.25, -0.2) is 23.1 Å². The Bertz CT molecular complexity index is 822. The quantitative estimate of drug-likeness (QED) is 0.759. The van der Waals surface area contributed by atoms with E-state index in [9.17, 15) is 17.8 Å². The smallest absolute Gasteiger partial charge is 0.248 e. The van der Waals surface area contributed by atoms with Gasteiger partial charge in [0.25, 0.3) is 0 Å². The standard InChI is InChI=1S/C12H15F2N3O2S.C8H10O/c13-12(14)4-1-2-8(7-12)11(18)17-9-3-5-16-10(6-9)20(15)19;1-2-9-8-6-4-3-5-7-8/h3,5-6,8H,1-2,4,7,15H2,(H,16,17,18);3-7H,2H2,1H3. The van der Waals surface area contributed by atoms with Crippen LogP contribution in [0.2, 0.25) is 0 Å². The van der Waals surface area contributed by atoms with Crippen LogP contribution in [0.3, 0.4) is 0 Å². The number of carbonyl (C=O) groups is 1. The maximum Gasteiger partial charge on any atom is 0.248 e. The molecule has 0 bridgehead atoms. The van der Waals surface area contributed by atoms with Crippen molar-refractivity contribution in [2.24, 2.45) is 11.1 Å². The molecule has 0 aliphatic heterocycles. The van der Waals surface area contributed by atoms with Gasteiger partial charge in [0.2, 0.25) is 11.8 Å². The summed E-state index contributed by atoms with van der Waals surface area (Å²) in [7, 11) is -1.75. The normalized spacial score (nSPS) is 18.7. The van der Waals surface area contributed by atoms with Crippen LogP contribution in [-0.4, -0.2) is 27.6 Å². The molecule has 3 N–H and O–H groups in total. The molecule has 1 heterocycles. The third kappa shape index (κ3) is 7.86. The molecule has 1 saturated carbocycles. The highest BCUT2D eigenvalue weighted by molar-refractivity contribution is 7.82. The molecule has 0 spiro atoms. The van der Waals surface area contributed by atoms with Crippen LogP contribution in [0.4, 0.5) is 14.5 Å². The van der Waals surface area contributed by atoms with Gasteiger partial charge in [-0.15, -0.1) is 0 Å². The van der Waals surface area contributed by atoms with E-state index < -0.39 is 35.2 Å². The maximum atomic E-state index is 13.3. The zero-order chi connectivity index (χ0) is 21.3. The van der Waals surface area contributed by atoms with Crippen molar-refractivity contribution in [1.82, 2.24) is 4.98 Å². The number of para-hydroxylation sites is 1. The van der Waals surface area contributed by atoms with E-state index in [0.717, 1.165) is 12.4 Å². The molecule has 2 aromatic rings. The second-order valence-electron chi connectivity index (χ2n) is 6.56. The van der Waals surface area contributed by atoms with Gasteiger partial charge in [-0.1, -0.05) is 18.2 Å². The summed E-state index contributed by atoms with van der Waals surface area (Å²) in [6.45, 7) is 2.72. The van der Waals surface area contributed by atoms with E-state index in [2.05, 4.69) is 10.3 Å². The summed E-state index contributed by atoms with van der Waals surface area (Å²) in [5, 5.41) is 7.85. The number of aromatic nitrogens is 1. The highest BCUT2D eigenvalue weighted by atomic mass is 32.2. The minimum atomic E-state index is -2.78. The average Bonchev–Trinajstić information content (AvgIpc) is 2.69. The Kier molecular flexibility index (Phi) is 8.66. The Balaban J connectivity index is 0.000000278. The summed E-state index contributed by atoms with van der Waals surface area (Å²) < 4.78 is 42.8. The van der Waals surface area contributed by atoms with Crippen molar-refractivity contribution >= 4 is 22.6 Å². The molecule has 3 rings (SSSR count). The Morgan fingerprint density at radius 3 is 2.69 bits per heavy atom. The first kappa shape index (κ1) is 22.9. The number of alkyl halides is 2. The van der Waals surface area contributed by atoms with Gasteiger partial charge >= 0.3 is 0 Å². The van der Waals surface area contributed by atoms with Crippen molar-refractivity contribution in [3.8, 4) is 5.75 Å². The minimum absolute atomic E-state index is 0.122. The van der Waals surface area contributed by atoms with Gasteiger partial charge in [0.15, 0.2) is 0 Å². The highest BCUT2D eigenvalue weighted by Crippen LogP contribution is 2.37. The summed E-state index contributed by atoms with van der Waals surface area (Å²) >= 11 is 0. The van der Waals surface area contributed by atoms with E-state index in [1.165, 1.54) is 18.3 Å². The third-order valence-electron chi connectivity index (χ3n) is 4.27. The van der Waals surface area contributed by atoms with Crippen LogP contribution >= 0.6 is 0 Å². The number of nitrogens with zero attached hydrogens (tertiary/aromatic N) is 1. The Labute approximate surface area is 171 Å². The van der Waals surface area contributed by atoms with Gasteiger partial charge in [-0.3, -0.25) is 4.79 Å². The fourth-order valence-electron chi connectivity index (χ4n) is 2.92. The topological polar surface area (TPSA) is 94.3 Å². The van der Waals surface area contributed by atoms with Crippen molar-refractivity contribution in [2.75, 3.05) is 11.9 Å². The number of rotatable bonds is 5. The number of carbonyl (C=O) groups excluding carboxylic acids is 1. The number of benzene rings is 1. The highest BCUT2D eigenvalue weighted by Gasteiger charge is 2.39. The first-order chi connectivity index (χ1) is 13.8. The SMILES string of the molecule is CCOc1ccccc1.NS(=O)c1cc(NC(=O)C2CCCC(F)(F)C2)ccn1. The molecule has 9 heteroatoms. The Morgan fingerprint density at radius 1 is 1.34 bits per heavy atom. The molecule has 1 amide bonds. The minimum Gasteiger partial charge on any atom is -0.494 e. The molecule has 1 aromatic carbocycles. The molecular formula is C20H25F2N3O3S. The lowest BCUT2D eigenvalue weighted by atomic mass is 9.86. The molecule has 1 aliphatic carbocycles. The van der Waals surface area contributed by atoms with Gasteiger partial charge in [-0.2, -0.15) is 0 Å². The molecule has 29 heavy (non-hydrogen) atoms. The summed E-state index contributed by atoms with van der Waals surface area (Å²) in [5.74, 6) is -2.99. The zero-order valence-electron chi connectivity index (χ0n) is 16.1. The average molecular weight is 426 g/mol. The molecule has 1 aliphatic rings. The molecule has 0 radical (unpaired) electrons. The van der Waals surface area contributed by atoms with Crippen LogP contribution in [0.15, 0.2) is 53.7 Å². The van der Waals surface area contributed by atoms with E-state index in [4.69, 9.17) is 9.88 Å². The van der Waals surface area contributed by atoms with Crippen LogP contribution in [0.5, 0.6) is 5.75 Å². The van der Waals surface area contributed by atoms with Crippen LogP contribution in [0.1, 0.15) is 32.6 Å². The number of halogens is 2. The first-order valence-electron chi connectivity index (χ1n) is 9.29. The molecule has 2 atom stereocenters. The van der Waals surface area contributed by atoms with Gasteiger partial charge in [-0.05, 0) is 44.0 Å². The third-order valence-corrected chi connectivity index (χ3v) is 4.91. The molecule has 6 nitrogen and oxygen atoms in total. The number of amides is 1. The number of nitrogens with two attached hydrogens (primary N) is 1. The van der Waals surface area contributed by atoms with Gasteiger partial charge in [0, 0.05) is 30.6 Å². The molecule has 1 aromatic heterocycles. The molecule has 0 saturated heterocycles. The Hall–Kier alpha value is -2.39. The monoisotopic (exact) mass is 425 g/mol. The van der Waals surface area contributed by atoms with Crippen molar-refractivity contribution in [1.29, 1.82) is 0 Å². The second-order valence-corrected chi connectivity index (χ2v) is 7.58. The Morgan fingerprint density at radius 2 is 2.07 bits per heavy atom. The van der Waals surface area contributed by atoms with Gasteiger partial charge in [0.1, 0.15) is 21.8 Å². The van der Waals surface area contributed by atoms with Crippen molar-refractivity contribution < 1.29 is 22.5 Å². The molecular weight excluding hydrogens is 400 g/mol. The number of nitrogens with one attached hydrogen (secondary N) is 1. The lowest BCUT2D eigenvalue weighted by molar-refractivity contribution is -0.127. The van der Waals surface area contributed by atoms with Crippen molar-refractivity contribution in [3.05, 3.63) is 48.7 Å². The lowest BCUT2D eigenvalue weighted by Gasteiger charge is -2.27. The van der Waals surface area contributed by atoms with Crippen LogP contribution in [-0.2, 0) is 15.8 Å². The fraction of sp³-hybridized carbons (Fsp3) is 0.400. The number of hydrogen-bond acceptors (Lipinski definition) is 4. The fourth-order valence-corrected chi connectivity index (χ4v) is 3.33. The van der Waals surface area contributed by atoms with E-state index >= 15 is 0 Å². The van der Waals surface area contributed by atoms with Gasteiger partial charge < -0.3 is 10.1 Å². The number of ether oxygens (including phenoxy) is 1. The summed E-state index contributed by atoms with van der Waals surface area (Å²) in [6.07, 6.45) is 1.54. The molecule has 2 unspecified atom stereocenters. The summed E-state index contributed by atoms with van der Waals surface area (Å²) in [6, 6.07) is 12.7. The first-order valence-corrected chi connectivity index (χ1v) is 10.5. The summed E-state index contributed by atoms with van der Waals surface area (Å²) in [5.41, 5.74) is 0.354. The predicted octanol–water partition coefficient (Wildman–Crippen LogP) is 3.91. The molecule has 158 valence electrons. The number of hydrogen-bond donors (Lipinski definition) is 2. The van der Waals surface area contributed by atoms with Crippen LogP contribution in [0.25, 0.3) is 0 Å². The number of pyridine rings is 1. The maximum absolute atomic E-state index is 13.3. The van der Waals surface area contributed by atoms with E-state index in [0.29, 0.717) is 18.5 Å². The van der Waals surface area contributed by atoms with Crippen LogP contribution < -0.4 is 15.2 Å². The lowest BCUT2D eigenvalue weighted by Crippen LogP contribution is -2.33. The van der Waals surface area contributed by atoms with E-state index in [1.54, 1.807) is 0 Å². The predicted molar refractivity (Wildman–Crippen MR) is 108 cm³/mol. The number of anilines is 1.